The van der Waals surface area contributed by atoms with E-state index in [1.54, 1.807) is 0 Å². The summed E-state index contributed by atoms with van der Waals surface area (Å²) in [7, 11) is 0. The summed E-state index contributed by atoms with van der Waals surface area (Å²) in [5, 5.41) is 12.3. The molecule has 2 aromatic rings. The number of hydrogen-bond acceptors (Lipinski definition) is 3. The molecule has 1 aliphatic rings. The van der Waals surface area contributed by atoms with Gasteiger partial charge in [-0.2, -0.15) is 0 Å². The summed E-state index contributed by atoms with van der Waals surface area (Å²) < 4.78 is 26.2. The standard InChI is InChI=1S/C17H15F2NO3S/c18-11-7-6-9(8-12(11)19)15(21)20-16-14(17(22)23)10-4-2-1-3-5-13(10)24-16/h6-8H,1-5H2,(H,20,21)(H,22,23). The van der Waals surface area contributed by atoms with E-state index in [0.717, 1.165) is 54.3 Å². The van der Waals surface area contributed by atoms with Gasteiger partial charge in [0.2, 0.25) is 0 Å². The van der Waals surface area contributed by atoms with Crippen molar-refractivity contribution in [2.24, 2.45) is 0 Å². The van der Waals surface area contributed by atoms with Crippen molar-refractivity contribution >= 4 is 28.2 Å². The third-order valence-electron chi connectivity index (χ3n) is 4.04. The molecule has 1 heterocycles. The summed E-state index contributed by atoms with van der Waals surface area (Å²) in [6.45, 7) is 0. The van der Waals surface area contributed by atoms with Gasteiger partial charge in [-0.1, -0.05) is 6.42 Å². The van der Waals surface area contributed by atoms with E-state index >= 15 is 0 Å². The number of aryl methyl sites for hydroxylation is 1. The van der Waals surface area contributed by atoms with E-state index in [0.29, 0.717) is 6.42 Å². The first-order valence-electron chi connectivity index (χ1n) is 7.61. The van der Waals surface area contributed by atoms with Gasteiger partial charge in [-0.15, -0.1) is 11.3 Å². The van der Waals surface area contributed by atoms with Crippen LogP contribution in [-0.2, 0) is 12.8 Å². The van der Waals surface area contributed by atoms with Crippen LogP contribution in [0.2, 0.25) is 0 Å². The fourth-order valence-electron chi connectivity index (χ4n) is 2.87. The molecule has 3 rings (SSSR count). The highest BCUT2D eigenvalue weighted by Gasteiger charge is 2.25. The van der Waals surface area contributed by atoms with E-state index in [1.165, 1.54) is 11.3 Å². The topological polar surface area (TPSA) is 66.4 Å². The zero-order valence-corrected chi connectivity index (χ0v) is 13.5. The van der Waals surface area contributed by atoms with Gasteiger partial charge in [-0.3, -0.25) is 4.79 Å². The lowest BCUT2D eigenvalue weighted by Gasteiger charge is -2.06. The lowest BCUT2D eigenvalue weighted by atomic mass is 10.1. The summed E-state index contributed by atoms with van der Waals surface area (Å²) in [4.78, 5) is 24.9. The molecule has 24 heavy (non-hydrogen) atoms. The Morgan fingerprint density at radius 2 is 1.83 bits per heavy atom. The third-order valence-corrected chi connectivity index (χ3v) is 5.25. The molecule has 2 N–H and O–H groups in total. The van der Waals surface area contributed by atoms with Gasteiger partial charge in [0, 0.05) is 10.4 Å². The smallest absolute Gasteiger partial charge is 0.339 e. The van der Waals surface area contributed by atoms with Gasteiger partial charge in [-0.05, 0) is 49.4 Å². The fourth-order valence-corrected chi connectivity index (χ4v) is 4.15. The summed E-state index contributed by atoms with van der Waals surface area (Å²) in [6, 6.07) is 2.82. The van der Waals surface area contributed by atoms with Crippen molar-refractivity contribution in [3.63, 3.8) is 0 Å². The van der Waals surface area contributed by atoms with E-state index in [2.05, 4.69) is 5.32 Å². The number of amides is 1. The number of fused-ring (bicyclic) bond motifs is 1. The van der Waals surface area contributed by atoms with Crippen molar-refractivity contribution in [1.82, 2.24) is 0 Å². The van der Waals surface area contributed by atoms with Crippen LogP contribution in [-0.4, -0.2) is 17.0 Å². The molecule has 0 radical (unpaired) electrons. The fraction of sp³-hybridized carbons (Fsp3) is 0.294. The van der Waals surface area contributed by atoms with Crippen molar-refractivity contribution in [2.75, 3.05) is 5.32 Å². The second-order valence-corrected chi connectivity index (χ2v) is 6.76. The van der Waals surface area contributed by atoms with Crippen molar-refractivity contribution in [3.8, 4) is 0 Å². The third kappa shape index (κ3) is 3.17. The Kier molecular flexibility index (Phi) is 4.62. The van der Waals surface area contributed by atoms with Gasteiger partial charge in [0.1, 0.15) is 5.00 Å². The number of rotatable bonds is 3. The van der Waals surface area contributed by atoms with Gasteiger partial charge in [0.25, 0.3) is 5.91 Å². The molecule has 0 saturated carbocycles. The molecule has 7 heteroatoms. The zero-order chi connectivity index (χ0) is 17.3. The maximum atomic E-state index is 13.3. The predicted molar refractivity (Wildman–Crippen MR) is 86.8 cm³/mol. The number of carbonyl (C=O) groups excluding carboxylic acids is 1. The molecule has 0 spiro atoms. The van der Waals surface area contributed by atoms with Gasteiger partial charge in [0.15, 0.2) is 11.6 Å². The number of hydrogen-bond donors (Lipinski definition) is 2. The first-order chi connectivity index (χ1) is 11.5. The van der Waals surface area contributed by atoms with E-state index in [1.807, 2.05) is 0 Å². The van der Waals surface area contributed by atoms with Crippen LogP contribution < -0.4 is 5.32 Å². The van der Waals surface area contributed by atoms with Crippen molar-refractivity contribution in [3.05, 3.63) is 51.4 Å². The molecule has 1 aromatic carbocycles. The van der Waals surface area contributed by atoms with Crippen LogP contribution in [0.15, 0.2) is 18.2 Å². The number of nitrogens with one attached hydrogen (secondary N) is 1. The van der Waals surface area contributed by atoms with Crippen LogP contribution in [0.4, 0.5) is 13.8 Å². The van der Waals surface area contributed by atoms with E-state index in [-0.39, 0.29) is 16.1 Å². The van der Waals surface area contributed by atoms with Crippen LogP contribution in [0.1, 0.15) is 50.4 Å². The summed E-state index contributed by atoms with van der Waals surface area (Å²) in [5.41, 5.74) is 0.840. The lowest BCUT2D eigenvalue weighted by molar-refractivity contribution is 0.0697. The van der Waals surface area contributed by atoms with Crippen molar-refractivity contribution in [1.29, 1.82) is 0 Å². The SMILES string of the molecule is O=C(Nc1sc2c(c1C(=O)O)CCCCC2)c1ccc(F)c(F)c1. The summed E-state index contributed by atoms with van der Waals surface area (Å²) >= 11 is 1.25. The molecule has 126 valence electrons. The summed E-state index contributed by atoms with van der Waals surface area (Å²) in [5.74, 6) is -3.91. The Morgan fingerprint density at radius 3 is 2.54 bits per heavy atom. The van der Waals surface area contributed by atoms with Crippen LogP contribution in [0.3, 0.4) is 0 Å². The largest absolute Gasteiger partial charge is 0.478 e. The monoisotopic (exact) mass is 351 g/mol. The van der Waals surface area contributed by atoms with Crippen molar-refractivity contribution < 1.29 is 23.5 Å². The summed E-state index contributed by atoms with van der Waals surface area (Å²) in [6.07, 6.45) is 4.43. The number of thiophene rings is 1. The molecule has 1 aliphatic carbocycles. The maximum Gasteiger partial charge on any atom is 0.339 e. The first kappa shape index (κ1) is 16.6. The second-order valence-electron chi connectivity index (χ2n) is 5.66. The molecule has 0 atom stereocenters. The van der Waals surface area contributed by atoms with Gasteiger partial charge in [0.05, 0.1) is 5.56 Å². The molecule has 0 aliphatic heterocycles. The van der Waals surface area contributed by atoms with Crippen LogP contribution in [0.5, 0.6) is 0 Å². The minimum atomic E-state index is -1.12. The number of carboxylic acids is 1. The number of carbonyl (C=O) groups is 2. The minimum Gasteiger partial charge on any atom is -0.478 e. The lowest BCUT2D eigenvalue weighted by Crippen LogP contribution is -2.14. The van der Waals surface area contributed by atoms with E-state index in [4.69, 9.17) is 0 Å². The average molecular weight is 351 g/mol. The Bertz CT molecular complexity index is 816. The van der Waals surface area contributed by atoms with E-state index < -0.39 is 23.5 Å². The zero-order valence-electron chi connectivity index (χ0n) is 12.7. The minimum absolute atomic E-state index is 0.0613. The number of aromatic carboxylic acids is 1. The Balaban J connectivity index is 1.93. The second kappa shape index (κ2) is 6.68. The molecule has 1 aromatic heterocycles. The number of anilines is 1. The van der Waals surface area contributed by atoms with Gasteiger partial charge in [-0.25, -0.2) is 13.6 Å². The number of benzene rings is 1. The Hall–Kier alpha value is -2.28. The van der Waals surface area contributed by atoms with Gasteiger partial charge < -0.3 is 10.4 Å². The van der Waals surface area contributed by atoms with Crippen molar-refractivity contribution in [2.45, 2.75) is 32.1 Å². The number of carboxylic acid groups (broad SMARTS) is 1. The highest BCUT2D eigenvalue weighted by molar-refractivity contribution is 7.17. The molecule has 0 fully saturated rings. The molecule has 1 amide bonds. The highest BCUT2D eigenvalue weighted by Crippen LogP contribution is 2.37. The molecule has 4 nitrogen and oxygen atoms in total. The van der Waals surface area contributed by atoms with Gasteiger partial charge >= 0.3 is 5.97 Å². The van der Waals surface area contributed by atoms with Crippen LogP contribution in [0.25, 0.3) is 0 Å². The highest BCUT2D eigenvalue weighted by atomic mass is 32.1. The average Bonchev–Trinajstić information content (AvgIpc) is 2.71. The molecule has 0 unspecified atom stereocenters. The van der Waals surface area contributed by atoms with Crippen LogP contribution in [0, 0.1) is 11.6 Å². The quantitative estimate of drug-likeness (QED) is 0.813. The maximum absolute atomic E-state index is 13.3. The Labute approximate surface area is 141 Å². The molecule has 0 saturated heterocycles. The predicted octanol–water partition coefficient (Wildman–Crippen LogP) is 4.25. The van der Waals surface area contributed by atoms with E-state index in [9.17, 15) is 23.5 Å². The first-order valence-corrected chi connectivity index (χ1v) is 8.43. The number of halogens is 2. The molecular weight excluding hydrogens is 336 g/mol. The molecule has 0 bridgehead atoms. The van der Waals surface area contributed by atoms with Crippen LogP contribution >= 0.6 is 11.3 Å². The normalized spacial score (nSPS) is 13.9. The Morgan fingerprint density at radius 1 is 1.08 bits per heavy atom. The molecular formula is C17H15F2NO3S.